The first-order chi connectivity index (χ1) is 16.6. The van der Waals surface area contributed by atoms with Crippen LogP contribution in [0.15, 0.2) is 41.7 Å². The third-order valence-corrected chi connectivity index (χ3v) is 8.65. The van der Waals surface area contributed by atoms with Crippen LogP contribution < -0.4 is 10.1 Å². The number of aliphatic hydroxyl groups excluding tert-OH is 1. The van der Waals surface area contributed by atoms with Crippen molar-refractivity contribution in [3.8, 4) is 5.88 Å². The highest BCUT2D eigenvalue weighted by molar-refractivity contribution is 8.00. The molecule has 4 heterocycles. The van der Waals surface area contributed by atoms with Gasteiger partial charge in [0.25, 0.3) is 0 Å². The predicted octanol–water partition coefficient (Wildman–Crippen LogP) is 4.33. The maximum atomic E-state index is 14.6. The molecule has 3 aromatic rings. The number of pyridine rings is 3. The minimum absolute atomic E-state index is 0.148. The Morgan fingerprint density at radius 1 is 1.24 bits per heavy atom. The van der Waals surface area contributed by atoms with E-state index in [0.717, 1.165) is 50.1 Å². The van der Waals surface area contributed by atoms with Crippen molar-refractivity contribution in [2.24, 2.45) is 5.92 Å². The number of methoxy groups -OCH3 is 1. The maximum Gasteiger partial charge on any atom is 0.213 e. The molecule has 0 radical (unpaired) electrons. The van der Waals surface area contributed by atoms with Crippen LogP contribution in [0.2, 0.25) is 0 Å². The first kappa shape index (κ1) is 23.5. The number of rotatable bonds is 8. The maximum absolute atomic E-state index is 14.6. The van der Waals surface area contributed by atoms with E-state index >= 15 is 0 Å². The van der Waals surface area contributed by atoms with Crippen LogP contribution in [-0.2, 0) is 12.8 Å². The van der Waals surface area contributed by atoms with Gasteiger partial charge in [-0.05, 0) is 68.6 Å². The summed E-state index contributed by atoms with van der Waals surface area (Å²) in [6.07, 6.45) is 9.60. The SMILES string of the molecule is COc1ccc2ncc(F)c(CCC3CCC(CO)(NCC4Cc5cccnc5S4)CC3)c2n1. The normalized spacial score (nSPS) is 24.3. The molecule has 0 amide bonds. The zero-order valence-corrected chi connectivity index (χ0v) is 20.3. The van der Waals surface area contributed by atoms with Crippen LogP contribution in [0.25, 0.3) is 11.0 Å². The number of aromatic nitrogens is 3. The van der Waals surface area contributed by atoms with Gasteiger partial charge in [-0.15, -0.1) is 11.8 Å². The number of nitrogens with zero attached hydrogens (tertiary/aromatic N) is 3. The van der Waals surface area contributed by atoms with Gasteiger partial charge in [0.2, 0.25) is 5.88 Å². The summed E-state index contributed by atoms with van der Waals surface area (Å²) in [5.74, 6) is 0.668. The summed E-state index contributed by atoms with van der Waals surface area (Å²) in [5.41, 5.74) is 3.00. The second-order valence-corrected chi connectivity index (χ2v) is 10.8. The van der Waals surface area contributed by atoms with Gasteiger partial charge in [-0.25, -0.2) is 14.4 Å². The van der Waals surface area contributed by atoms with Crippen LogP contribution in [0.4, 0.5) is 4.39 Å². The number of hydrogen-bond donors (Lipinski definition) is 2. The Hall–Kier alpha value is -2.29. The van der Waals surface area contributed by atoms with Gasteiger partial charge >= 0.3 is 0 Å². The number of halogens is 1. The molecule has 2 aliphatic rings. The molecule has 0 aromatic carbocycles. The molecule has 1 saturated carbocycles. The van der Waals surface area contributed by atoms with Gasteiger partial charge in [0.05, 0.1) is 36.0 Å². The fourth-order valence-corrected chi connectivity index (χ4v) is 6.43. The Kier molecular flexibility index (Phi) is 6.99. The van der Waals surface area contributed by atoms with Crippen LogP contribution in [0.1, 0.15) is 43.2 Å². The molecule has 2 N–H and O–H groups in total. The summed E-state index contributed by atoms with van der Waals surface area (Å²) in [5, 5.41) is 15.5. The standard InChI is InChI=1S/C26H31FN4O2S/c1-33-23-7-6-22-24(31-23)20(21(27)15-29-22)5-4-17-8-10-26(16-32,11-9-17)30-14-19-13-18-3-2-12-28-25(18)34-19/h2-3,6-7,12,15,17,19,30,32H,4-5,8-11,13-14,16H2,1H3. The van der Waals surface area contributed by atoms with Crippen molar-refractivity contribution in [1.82, 2.24) is 20.3 Å². The van der Waals surface area contributed by atoms with E-state index in [1.54, 1.807) is 13.2 Å². The molecule has 5 rings (SSSR count). The third-order valence-electron chi connectivity index (χ3n) is 7.40. The van der Waals surface area contributed by atoms with E-state index in [1.165, 1.54) is 11.8 Å². The van der Waals surface area contributed by atoms with Crippen molar-refractivity contribution in [1.29, 1.82) is 0 Å². The molecule has 3 aromatic heterocycles. The lowest BCUT2D eigenvalue weighted by molar-refractivity contribution is 0.101. The van der Waals surface area contributed by atoms with Crippen LogP contribution in [0, 0.1) is 11.7 Å². The Morgan fingerprint density at radius 3 is 2.85 bits per heavy atom. The Labute approximate surface area is 203 Å². The van der Waals surface area contributed by atoms with E-state index in [1.807, 2.05) is 30.1 Å². The quantitative estimate of drug-likeness (QED) is 0.495. The molecular formula is C26H31FN4O2S. The highest BCUT2D eigenvalue weighted by Crippen LogP contribution is 2.38. The van der Waals surface area contributed by atoms with Crippen molar-refractivity contribution in [2.45, 2.75) is 60.8 Å². The Bertz CT molecular complexity index is 1130. The minimum Gasteiger partial charge on any atom is -0.481 e. The lowest BCUT2D eigenvalue weighted by Gasteiger charge is -2.40. The molecule has 180 valence electrons. The van der Waals surface area contributed by atoms with Gasteiger partial charge in [0.15, 0.2) is 0 Å². The topological polar surface area (TPSA) is 80.2 Å². The summed E-state index contributed by atoms with van der Waals surface area (Å²) in [6, 6.07) is 7.73. The molecule has 0 saturated heterocycles. The van der Waals surface area contributed by atoms with Crippen molar-refractivity contribution in [3.05, 3.63) is 53.6 Å². The largest absolute Gasteiger partial charge is 0.481 e. The van der Waals surface area contributed by atoms with Crippen LogP contribution in [0.3, 0.4) is 0 Å². The number of aliphatic hydroxyl groups is 1. The smallest absolute Gasteiger partial charge is 0.213 e. The van der Waals surface area contributed by atoms with E-state index < -0.39 is 0 Å². The second-order valence-electron chi connectivity index (χ2n) is 9.52. The van der Waals surface area contributed by atoms with E-state index in [0.29, 0.717) is 40.1 Å². The average molecular weight is 483 g/mol. The monoisotopic (exact) mass is 482 g/mol. The molecular weight excluding hydrogens is 451 g/mol. The number of aryl methyl sites for hydroxylation is 1. The Balaban J connectivity index is 1.16. The van der Waals surface area contributed by atoms with E-state index in [9.17, 15) is 9.50 Å². The van der Waals surface area contributed by atoms with Crippen molar-refractivity contribution in [3.63, 3.8) is 0 Å². The van der Waals surface area contributed by atoms with Crippen molar-refractivity contribution >= 4 is 22.8 Å². The van der Waals surface area contributed by atoms with Gasteiger partial charge < -0.3 is 15.2 Å². The summed E-state index contributed by atoms with van der Waals surface area (Å²) < 4.78 is 19.9. The van der Waals surface area contributed by atoms with Gasteiger partial charge in [-0.1, -0.05) is 6.07 Å². The zero-order chi connectivity index (χ0) is 23.5. The van der Waals surface area contributed by atoms with E-state index in [2.05, 4.69) is 26.3 Å². The molecule has 6 nitrogen and oxygen atoms in total. The number of ether oxygens (including phenoxy) is 1. The molecule has 8 heteroatoms. The summed E-state index contributed by atoms with van der Waals surface area (Å²) >= 11 is 1.83. The molecule has 1 fully saturated rings. The molecule has 0 bridgehead atoms. The third kappa shape index (κ3) is 4.90. The minimum atomic E-state index is -0.306. The fourth-order valence-electron chi connectivity index (χ4n) is 5.26. The lowest BCUT2D eigenvalue weighted by atomic mass is 9.75. The predicted molar refractivity (Wildman–Crippen MR) is 132 cm³/mol. The summed E-state index contributed by atoms with van der Waals surface area (Å²) in [6.45, 7) is 1.02. The lowest BCUT2D eigenvalue weighted by Crippen LogP contribution is -2.52. The zero-order valence-electron chi connectivity index (χ0n) is 19.5. The van der Waals surface area contributed by atoms with Gasteiger partial charge in [0.1, 0.15) is 5.82 Å². The highest BCUT2D eigenvalue weighted by atomic mass is 32.2. The molecule has 1 aliphatic carbocycles. The molecule has 1 atom stereocenters. The molecule has 1 unspecified atom stereocenters. The van der Waals surface area contributed by atoms with Gasteiger partial charge in [-0.2, -0.15) is 0 Å². The highest BCUT2D eigenvalue weighted by Gasteiger charge is 2.36. The van der Waals surface area contributed by atoms with E-state index in [4.69, 9.17) is 4.74 Å². The Morgan fingerprint density at radius 2 is 2.09 bits per heavy atom. The van der Waals surface area contributed by atoms with Crippen LogP contribution in [0.5, 0.6) is 5.88 Å². The molecule has 34 heavy (non-hydrogen) atoms. The van der Waals surface area contributed by atoms with Crippen LogP contribution in [-0.4, -0.2) is 51.1 Å². The number of nitrogens with one attached hydrogen (secondary N) is 1. The summed E-state index contributed by atoms with van der Waals surface area (Å²) in [4.78, 5) is 13.1. The van der Waals surface area contributed by atoms with Gasteiger partial charge in [0, 0.05) is 35.2 Å². The number of thioether (sulfide) groups is 1. The van der Waals surface area contributed by atoms with Crippen molar-refractivity contribution in [2.75, 3.05) is 20.3 Å². The number of fused-ring (bicyclic) bond motifs is 2. The first-order valence-corrected chi connectivity index (χ1v) is 12.9. The van der Waals surface area contributed by atoms with Crippen molar-refractivity contribution < 1.29 is 14.2 Å². The fraction of sp³-hybridized carbons (Fsp3) is 0.500. The first-order valence-electron chi connectivity index (χ1n) is 12.0. The van der Waals surface area contributed by atoms with E-state index in [-0.39, 0.29) is 18.0 Å². The van der Waals surface area contributed by atoms with Crippen LogP contribution >= 0.6 is 11.8 Å². The van der Waals surface area contributed by atoms with Gasteiger partial charge in [-0.3, -0.25) is 4.98 Å². The second kappa shape index (κ2) is 10.1. The summed E-state index contributed by atoms with van der Waals surface area (Å²) in [7, 11) is 1.56. The number of hydrogen-bond acceptors (Lipinski definition) is 7. The molecule has 0 spiro atoms. The average Bonchev–Trinajstić information content (AvgIpc) is 3.30. The molecule has 1 aliphatic heterocycles.